The van der Waals surface area contributed by atoms with Gasteiger partial charge in [-0.25, -0.2) is 13.1 Å². The van der Waals surface area contributed by atoms with E-state index < -0.39 is 15.4 Å². The number of fused-ring (bicyclic) bond motifs is 3. The fourth-order valence-corrected chi connectivity index (χ4v) is 6.32. The van der Waals surface area contributed by atoms with Crippen LogP contribution in [0.15, 0.2) is 53.1 Å². The first-order chi connectivity index (χ1) is 14.7. The number of anilines is 1. The zero-order valence-corrected chi connectivity index (χ0v) is 19.8. The lowest BCUT2D eigenvalue weighted by atomic mass is 9.62. The van der Waals surface area contributed by atoms with Gasteiger partial charge in [0, 0.05) is 32.8 Å². The molecule has 0 saturated heterocycles. The summed E-state index contributed by atoms with van der Waals surface area (Å²) in [5, 5.41) is 2.54. The van der Waals surface area contributed by atoms with Crippen molar-refractivity contribution in [2.45, 2.75) is 30.8 Å². The topological polar surface area (TPSA) is 79.4 Å². The minimum atomic E-state index is -3.32. The molecule has 2 heterocycles. The second-order valence-corrected chi connectivity index (χ2v) is 11.2. The van der Waals surface area contributed by atoms with Crippen molar-refractivity contribution in [3.8, 4) is 0 Å². The summed E-state index contributed by atoms with van der Waals surface area (Å²) in [7, 11) is -3.32. The SMILES string of the molecule is CS(=O)(=O)NC1CC2(C1)C(=O)N(Cc1ncc3cc(Cl)ccc3c1Br)c1ccccc12. The predicted octanol–water partition coefficient (Wildman–Crippen LogP) is 4.15. The van der Waals surface area contributed by atoms with Gasteiger partial charge in [0.05, 0.1) is 23.9 Å². The van der Waals surface area contributed by atoms with Crippen molar-refractivity contribution in [3.05, 3.63) is 69.4 Å². The number of nitrogens with one attached hydrogen (secondary N) is 1. The molecule has 1 aromatic heterocycles. The van der Waals surface area contributed by atoms with Gasteiger partial charge in [-0.05, 0) is 57.9 Å². The lowest BCUT2D eigenvalue weighted by molar-refractivity contribution is -0.126. The molecule has 1 spiro atoms. The minimum absolute atomic E-state index is 0.00912. The van der Waals surface area contributed by atoms with Gasteiger partial charge in [0.1, 0.15) is 0 Å². The standard InChI is InChI=1S/C22H19BrClN3O3S/c1-31(29,30)26-15-9-22(10-15)17-4-2-3-5-19(17)27(21(22)28)12-18-20(23)16-7-6-14(24)8-13(16)11-25-18/h2-8,11,15,26H,9-10,12H2,1H3. The molecule has 9 heteroatoms. The van der Waals surface area contributed by atoms with Crippen LogP contribution >= 0.6 is 27.5 Å². The highest BCUT2D eigenvalue weighted by Crippen LogP contribution is 2.54. The van der Waals surface area contributed by atoms with E-state index in [1.165, 1.54) is 0 Å². The molecule has 0 bridgehead atoms. The average molecular weight is 521 g/mol. The van der Waals surface area contributed by atoms with E-state index in [1.807, 2.05) is 42.5 Å². The van der Waals surface area contributed by atoms with Crippen molar-refractivity contribution in [2.24, 2.45) is 0 Å². The number of pyridine rings is 1. The van der Waals surface area contributed by atoms with Crippen LogP contribution in [-0.4, -0.2) is 31.6 Å². The van der Waals surface area contributed by atoms with Crippen molar-refractivity contribution in [3.63, 3.8) is 0 Å². The second kappa shape index (κ2) is 7.27. The maximum atomic E-state index is 13.6. The second-order valence-electron chi connectivity index (χ2n) is 8.24. The molecule has 0 atom stereocenters. The number of nitrogens with zero attached hydrogens (tertiary/aromatic N) is 2. The molecule has 160 valence electrons. The highest BCUT2D eigenvalue weighted by Gasteiger charge is 2.58. The first-order valence-corrected chi connectivity index (χ1v) is 12.9. The van der Waals surface area contributed by atoms with Crippen LogP contribution in [0, 0.1) is 0 Å². The Morgan fingerprint density at radius 1 is 1.26 bits per heavy atom. The van der Waals surface area contributed by atoms with Gasteiger partial charge in [0.25, 0.3) is 0 Å². The van der Waals surface area contributed by atoms with Crippen molar-refractivity contribution < 1.29 is 13.2 Å². The summed E-state index contributed by atoms with van der Waals surface area (Å²) in [4.78, 5) is 19.9. The highest BCUT2D eigenvalue weighted by atomic mass is 79.9. The molecule has 1 N–H and O–H groups in total. The van der Waals surface area contributed by atoms with Gasteiger partial charge < -0.3 is 4.90 Å². The summed E-state index contributed by atoms with van der Waals surface area (Å²) in [6.07, 6.45) is 3.82. The molecular weight excluding hydrogens is 502 g/mol. The number of carbonyl (C=O) groups excluding carboxylic acids is 1. The van der Waals surface area contributed by atoms with E-state index in [2.05, 4.69) is 25.6 Å². The number of amides is 1. The Balaban J connectivity index is 1.49. The smallest absolute Gasteiger partial charge is 0.238 e. The Kier molecular flexibility index (Phi) is 4.89. The molecule has 5 rings (SSSR count). The number of carbonyl (C=O) groups is 1. The largest absolute Gasteiger partial charge is 0.305 e. The summed E-state index contributed by atoms with van der Waals surface area (Å²) in [6.45, 7) is 0.320. The predicted molar refractivity (Wildman–Crippen MR) is 125 cm³/mol. The van der Waals surface area contributed by atoms with Crippen molar-refractivity contribution >= 4 is 59.9 Å². The molecule has 1 aliphatic heterocycles. The van der Waals surface area contributed by atoms with Crippen molar-refractivity contribution in [2.75, 3.05) is 11.2 Å². The molecule has 3 aromatic rings. The number of rotatable bonds is 4. The van der Waals surface area contributed by atoms with Gasteiger partial charge in [0.15, 0.2) is 0 Å². The van der Waals surface area contributed by atoms with Crippen LogP contribution in [0.5, 0.6) is 0 Å². The summed E-state index contributed by atoms with van der Waals surface area (Å²) < 4.78 is 26.7. The fourth-order valence-electron chi connectivity index (χ4n) is 4.78. The molecule has 31 heavy (non-hydrogen) atoms. The van der Waals surface area contributed by atoms with Crippen LogP contribution in [0.4, 0.5) is 5.69 Å². The van der Waals surface area contributed by atoms with E-state index in [1.54, 1.807) is 11.1 Å². The van der Waals surface area contributed by atoms with Crippen molar-refractivity contribution in [1.82, 2.24) is 9.71 Å². The zero-order valence-electron chi connectivity index (χ0n) is 16.6. The fraction of sp³-hybridized carbons (Fsp3) is 0.273. The Bertz CT molecular complexity index is 1340. The van der Waals surface area contributed by atoms with Crippen LogP contribution in [0.1, 0.15) is 24.1 Å². The zero-order chi connectivity index (χ0) is 22.0. The molecule has 0 unspecified atom stereocenters. The van der Waals surface area contributed by atoms with Gasteiger partial charge in [-0.2, -0.15) is 0 Å². The Hall–Kier alpha value is -2.00. The van der Waals surface area contributed by atoms with Crippen LogP contribution in [0.2, 0.25) is 5.02 Å². The third-order valence-electron chi connectivity index (χ3n) is 6.11. The van der Waals surface area contributed by atoms with E-state index in [-0.39, 0.29) is 11.9 Å². The molecule has 1 fully saturated rings. The lowest BCUT2D eigenvalue weighted by Crippen LogP contribution is -2.57. The molecule has 6 nitrogen and oxygen atoms in total. The number of hydrogen-bond acceptors (Lipinski definition) is 4. The van der Waals surface area contributed by atoms with Gasteiger partial charge in [-0.1, -0.05) is 35.9 Å². The van der Waals surface area contributed by atoms with Gasteiger partial charge in [0.2, 0.25) is 15.9 Å². The van der Waals surface area contributed by atoms with Crippen molar-refractivity contribution in [1.29, 1.82) is 0 Å². The number of aromatic nitrogens is 1. The van der Waals surface area contributed by atoms with Gasteiger partial charge in [-0.15, -0.1) is 0 Å². The van der Waals surface area contributed by atoms with Crippen LogP contribution in [-0.2, 0) is 26.8 Å². The molecule has 1 saturated carbocycles. The lowest BCUT2D eigenvalue weighted by Gasteiger charge is -2.43. The highest BCUT2D eigenvalue weighted by molar-refractivity contribution is 9.10. The number of benzene rings is 2. The summed E-state index contributed by atoms with van der Waals surface area (Å²) in [5.74, 6) is -0.00912. The van der Waals surface area contributed by atoms with E-state index in [4.69, 9.17) is 11.6 Å². The monoisotopic (exact) mass is 519 g/mol. The first kappa shape index (κ1) is 20.9. The Morgan fingerprint density at radius 3 is 2.74 bits per heavy atom. The third-order valence-corrected chi connectivity index (χ3v) is 7.99. The number of hydrogen-bond donors (Lipinski definition) is 1. The molecule has 0 radical (unpaired) electrons. The molecule has 2 aliphatic rings. The quantitative estimate of drug-likeness (QED) is 0.561. The maximum Gasteiger partial charge on any atom is 0.238 e. The van der Waals surface area contributed by atoms with Crippen LogP contribution in [0.25, 0.3) is 10.8 Å². The molecule has 2 aromatic carbocycles. The summed E-state index contributed by atoms with van der Waals surface area (Å²) in [6, 6.07) is 13.1. The van der Waals surface area contributed by atoms with Gasteiger partial charge >= 0.3 is 0 Å². The van der Waals surface area contributed by atoms with Crippen LogP contribution in [0.3, 0.4) is 0 Å². The number of sulfonamides is 1. The average Bonchev–Trinajstić information content (AvgIpc) is 2.92. The summed E-state index contributed by atoms with van der Waals surface area (Å²) >= 11 is 9.75. The minimum Gasteiger partial charge on any atom is -0.305 e. The van der Waals surface area contributed by atoms with E-state index in [0.717, 1.165) is 38.4 Å². The molecular formula is C22H19BrClN3O3S. The summed E-state index contributed by atoms with van der Waals surface area (Å²) in [5.41, 5.74) is 1.88. The van der Waals surface area contributed by atoms with Gasteiger partial charge in [-0.3, -0.25) is 9.78 Å². The first-order valence-electron chi connectivity index (χ1n) is 9.79. The van der Waals surface area contributed by atoms with Crippen LogP contribution < -0.4 is 9.62 Å². The maximum absolute atomic E-state index is 13.6. The number of para-hydroxylation sites is 1. The number of halogens is 2. The van der Waals surface area contributed by atoms with E-state index >= 15 is 0 Å². The Morgan fingerprint density at radius 2 is 2.00 bits per heavy atom. The van der Waals surface area contributed by atoms with E-state index in [0.29, 0.717) is 24.4 Å². The van der Waals surface area contributed by atoms with E-state index in [9.17, 15) is 13.2 Å². The molecule has 1 amide bonds. The Labute approximate surface area is 193 Å². The third kappa shape index (κ3) is 3.46. The molecule has 1 aliphatic carbocycles. The normalized spacial score (nSPS) is 22.7.